The number of carbonyl (C=O) groups excluding carboxylic acids is 1. The van der Waals surface area contributed by atoms with Crippen molar-refractivity contribution in [1.82, 2.24) is 14.9 Å². The molecule has 0 aliphatic heterocycles. The number of aromatic amines is 1. The largest absolute Gasteiger partial charge is 0.338 e. The number of nitrogens with one attached hydrogen (secondary N) is 2. The number of hydrogen-bond donors (Lipinski definition) is 2. The van der Waals surface area contributed by atoms with E-state index in [-0.39, 0.29) is 0 Å². The van der Waals surface area contributed by atoms with E-state index >= 15 is 0 Å². The summed E-state index contributed by atoms with van der Waals surface area (Å²) in [5.41, 5.74) is -2.09. The summed E-state index contributed by atoms with van der Waals surface area (Å²) in [6.07, 6.45) is 0.588. The molecule has 18 heavy (non-hydrogen) atoms. The van der Waals surface area contributed by atoms with E-state index in [2.05, 4.69) is 25.0 Å². The normalized spacial score (nSPS) is 11.3. The quantitative estimate of drug-likeness (QED) is 0.790. The van der Waals surface area contributed by atoms with Crippen LogP contribution < -0.4 is 16.6 Å². The van der Waals surface area contributed by atoms with Crippen molar-refractivity contribution in [2.24, 2.45) is 0 Å². The predicted octanol–water partition coefficient (Wildman–Crippen LogP) is 0.572. The molecule has 0 spiro atoms. The van der Waals surface area contributed by atoms with Crippen molar-refractivity contribution in [2.45, 2.75) is 25.7 Å². The van der Waals surface area contributed by atoms with Gasteiger partial charge in [-0.3, -0.25) is 9.78 Å². The number of H-pyrrole nitrogens is 1. The number of amides is 1. The Bertz CT molecular complexity index is 559. The van der Waals surface area contributed by atoms with E-state index in [0.717, 1.165) is 6.04 Å². The van der Waals surface area contributed by atoms with Crippen LogP contribution in [0.25, 0.3) is 0 Å². The highest BCUT2D eigenvalue weighted by Crippen LogP contribution is 2.05. The van der Waals surface area contributed by atoms with Gasteiger partial charge in [0.1, 0.15) is 0 Å². The number of rotatable bonds is 3. The molecule has 6 nitrogen and oxygen atoms in total. The topological polar surface area (TPSA) is 84.0 Å². The number of nitrogens with zero attached hydrogens (tertiary/aromatic N) is 1. The molecular weight excluding hydrogens is 257 g/mol. The summed E-state index contributed by atoms with van der Waals surface area (Å²) in [5, 5.41) is 2.51. The predicted molar refractivity (Wildman–Crippen MR) is 68.2 cm³/mol. The second-order valence-electron chi connectivity index (χ2n) is 5.15. The summed E-state index contributed by atoms with van der Waals surface area (Å²) >= 11 is 0. The molecule has 8 heteroatoms. The van der Waals surface area contributed by atoms with Crippen molar-refractivity contribution in [3.63, 3.8) is 0 Å². The van der Waals surface area contributed by atoms with Crippen LogP contribution in [0.15, 0.2) is 15.8 Å². The molecule has 0 aromatic carbocycles. The molecule has 0 aliphatic carbocycles. The van der Waals surface area contributed by atoms with Crippen molar-refractivity contribution in [3.05, 3.63) is 32.9 Å². The Morgan fingerprint density at radius 2 is 2.06 bits per heavy atom. The highest BCUT2D eigenvalue weighted by Gasteiger charge is 2.14. The molecule has 1 amide bonds. The Morgan fingerprint density at radius 1 is 1.44 bits per heavy atom. The maximum Gasteiger partial charge on any atom is 0.336 e. The van der Waals surface area contributed by atoms with E-state index in [1.165, 1.54) is 0 Å². The molecule has 1 aromatic heterocycles. The van der Waals surface area contributed by atoms with Gasteiger partial charge in [0.15, 0.2) is 0 Å². The van der Waals surface area contributed by atoms with Gasteiger partial charge in [0, 0.05) is 14.6 Å². The average Bonchev–Trinajstić information content (AvgIpc) is 2.21. The first-order valence-corrected chi connectivity index (χ1v) is 9.21. The minimum Gasteiger partial charge on any atom is -0.338 e. The van der Waals surface area contributed by atoms with E-state index in [0.29, 0.717) is 17.3 Å². The van der Waals surface area contributed by atoms with Gasteiger partial charge in [0.2, 0.25) is 5.82 Å². The highest BCUT2D eigenvalue weighted by atomic mass is 28.3. The summed E-state index contributed by atoms with van der Waals surface area (Å²) in [6, 6.07) is 0.104. The van der Waals surface area contributed by atoms with Crippen LogP contribution in [-0.4, -0.2) is 30.2 Å². The van der Waals surface area contributed by atoms with Gasteiger partial charge in [-0.1, -0.05) is 19.6 Å². The molecule has 1 rings (SSSR count). The molecule has 2 N–H and O–H groups in total. The van der Waals surface area contributed by atoms with E-state index in [1.54, 1.807) is 4.98 Å². The number of aromatic nitrogens is 2. The maximum absolute atomic E-state index is 13.0. The van der Waals surface area contributed by atoms with E-state index < -0.39 is 31.2 Å². The van der Waals surface area contributed by atoms with Crippen molar-refractivity contribution in [2.75, 3.05) is 6.54 Å². The molecule has 0 saturated carbocycles. The molecule has 0 saturated heterocycles. The van der Waals surface area contributed by atoms with Gasteiger partial charge in [0.25, 0.3) is 5.56 Å². The fourth-order valence-corrected chi connectivity index (χ4v) is 2.10. The summed E-state index contributed by atoms with van der Waals surface area (Å²) in [6.45, 7) is 6.85. The van der Waals surface area contributed by atoms with Gasteiger partial charge in [-0.2, -0.15) is 4.39 Å². The summed E-state index contributed by atoms with van der Waals surface area (Å²) in [7, 11) is -1.29. The standard InChI is InChI=1S/C10H16FN3O3Si/c1-18(2,3)5-4-12-9(16)14-6-7(11)8(15)13-10(14)17/h6H,4-5H2,1-3H3,(H,12,16)(H,13,15,17). The minimum absolute atomic E-state index is 0.418. The van der Waals surface area contributed by atoms with E-state index in [9.17, 15) is 18.8 Å². The molecule has 0 atom stereocenters. The van der Waals surface area contributed by atoms with Crippen LogP contribution >= 0.6 is 0 Å². The molecule has 0 unspecified atom stereocenters. The monoisotopic (exact) mass is 273 g/mol. The molecule has 1 heterocycles. The molecule has 0 aliphatic rings. The van der Waals surface area contributed by atoms with Crippen molar-refractivity contribution >= 4 is 14.1 Å². The fraction of sp³-hybridized carbons (Fsp3) is 0.500. The number of hydrogen-bond acceptors (Lipinski definition) is 3. The Morgan fingerprint density at radius 3 is 2.61 bits per heavy atom. The van der Waals surface area contributed by atoms with Gasteiger partial charge < -0.3 is 5.32 Å². The first kappa shape index (κ1) is 14.4. The summed E-state index contributed by atoms with van der Waals surface area (Å²) < 4.78 is 13.5. The van der Waals surface area contributed by atoms with Crippen LogP contribution in [-0.2, 0) is 0 Å². The van der Waals surface area contributed by atoms with Crippen LogP contribution in [0.3, 0.4) is 0 Å². The minimum atomic E-state index is -1.29. The van der Waals surface area contributed by atoms with Gasteiger partial charge in [-0.05, 0) is 6.04 Å². The number of carbonyl (C=O) groups is 1. The molecule has 100 valence electrons. The fourth-order valence-electron chi connectivity index (χ4n) is 1.23. The SMILES string of the molecule is C[Si](C)(C)CCNC(=O)n1cc(F)c(=O)[nH]c1=O. The third kappa shape index (κ3) is 3.95. The maximum atomic E-state index is 13.0. The first-order chi connectivity index (χ1) is 8.20. The lowest BCUT2D eigenvalue weighted by atomic mass is 10.6. The first-order valence-electron chi connectivity index (χ1n) is 5.50. The summed E-state index contributed by atoms with van der Waals surface area (Å²) in [5.74, 6) is -1.17. The van der Waals surface area contributed by atoms with Crippen molar-refractivity contribution in [1.29, 1.82) is 0 Å². The second-order valence-corrected chi connectivity index (χ2v) is 10.8. The zero-order valence-corrected chi connectivity index (χ0v) is 11.5. The Hall–Kier alpha value is -1.70. The number of halogens is 1. The van der Waals surface area contributed by atoms with Gasteiger partial charge in [0.05, 0.1) is 6.20 Å². The zero-order chi connectivity index (χ0) is 13.9. The van der Waals surface area contributed by atoms with Crippen LogP contribution in [0, 0.1) is 5.82 Å². The third-order valence-corrected chi connectivity index (χ3v) is 4.02. The van der Waals surface area contributed by atoms with Crippen LogP contribution in [0.1, 0.15) is 0 Å². The summed E-state index contributed by atoms with van der Waals surface area (Å²) in [4.78, 5) is 35.4. The smallest absolute Gasteiger partial charge is 0.336 e. The van der Waals surface area contributed by atoms with E-state index in [4.69, 9.17) is 0 Å². The lowest BCUT2D eigenvalue weighted by Gasteiger charge is -2.15. The molecular formula is C10H16FN3O3Si. The Labute approximate surface area is 104 Å². The van der Waals surface area contributed by atoms with Crippen LogP contribution in [0.5, 0.6) is 0 Å². The van der Waals surface area contributed by atoms with E-state index in [1.807, 2.05) is 0 Å². The zero-order valence-electron chi connectivity index (χ0n) is 10.5. The van der Waals surface area contributed by atoms with Crippen molar-refractivity contribution < 1.29 is 9.18 Å². The lowest BCUT2D eigenvalue weighted by molar-refractivity contribution is 0.241. The van der Waals surface area contributed by atoms with Gasteiger partial charge >= 0.3 is 11.7 Å². The molecule has 0 bridgehead atoms. The molecule has 0 radical (unpaired) electrons. The second kappa shape index (κ2) is 5.30. The third-order valence-electron chi connectivity index (χ3n) is 2.27. The van der Waals surface area contributed by atoms with Gasteiger partial charge in [-0.25, -0.2) is 14.2 Å². The van der Waals surface area contributed by atoms with Crippen molar-refractivity contribution in [3.8, 4) is 0 Å². The molecule has 0 fully saturated rings. The van der Waals surface area contributed by atoms with Crippen LogP contribution in [0.2, 0.25) is 25.7 Å². The lowest BCUT2D eigenvalue weighted by Crippen LogP contribution is -2.41. The van der Waals surface area contributed by atoms with Crippen LogP contribution in [0.4, 0.5) is 9.18 Å². The average molecular weight is 273 g/mol. The van der Waals surface area contributed by atoms with Gasteiger partial charge in [-0.15, -0.1) is 0 Å². The molecule has 1 aromatic rings. The Kier molecular flexibility index (Phi) is 4.22. The highest BCUT2D eigenvalue weighted by molar-refractivity contribution is 6.76. The Balaban J connectivity index is 2.77.